The highest BCUT2D eigenvalue weighted by atomic mass is 79.9. The summed E-state index contributed by atoms with van der Waals surface area (Å²) in [5, 5.41) is 8.48. The van der Waals surface area contributed by atoms with Gasteiger partial charge in [-0.25, -0.2) is 9.37 Å². The number of benzene rings is 1. The van der Waals surface area contributed by atoms with Crippen molar-refractivity contribution in [3.8, 4) is 6.07 Å². The summed E-state index contributed by atoms with van der Waals surface area (Å²) in [5.41, 5.74) is 1.54. The number of hydrogen-bond acceptors (Lipinski definition) is 2. The Morgan fingerprint density at radius 3 is 3.07 bits per heavy atom. The molecule has 70 valence electrons. The first kappa shape index (κ1) is 9.16. The molecule has 1 heterocycles. The Morgan fingerprint density at radius 2 is 2.36 bits per heavy atom. The average molecular weight is 254 g/mol. The first-order chi connectivity index (χ1) is 6.70. The van der Waals surface area contributed by atoms with E-state index in [1.165, 1.54) is 6.07 Å². The molecule has 0 radical (unpaired) electrons. The van der Waals surface area contributed by atoms with Crippen LogP contribution >= 0.6 is 15.9 Å². The molecule has 0 saturated carbocycles. The van der Waals surface area contributed by atoms with Crippen LogP contribution in [0.3, 0.4) is 0 Å². The molecule has 2 rings (SSSR count). The highest BCUT2D eigenvalue weighted by molar-refractivity contribution is 9.10. The second-order valence-corrected chi connectivity index (χ2v) is 3.59. The first-order valence-corrected chi connectivity index (χ1v) is 4.70. The van der Waals surface area contributed by atoms with Gasteiger partial charge in [0.1, 0.15) is 5.52 Å². The van der Waals surface area contributed by atoms with Crippen molar-refractivity contribution in [1.29, 1.82) is 5.26 Å². The highest BCUT2D eigenvalue weighted by Crippen LogP contribution is 2.20. The minimum absolute atomic E-state index is 0.198. The minimum atomic E-state index is -0.408. The Labute approximate surface area is 87.7 Å². The smallest absolute Gasteiger partial charge is 0.175 e. The van der Waals surface area contributed by atoms with E-state index in [1.54, 1.807) is 6.07 Å². The molecule has 0 bridgehead atoms. The molecule has 5 heteroatoms. The van der Waals surface area contributed by atoms with Crippen molar-refractivity contribution in [3.05, 3.63) is 28.2 Å². The van der Waals surface area contributed by atoms with E-state index in [2.05, 4.69) is 25.9 Å². The molecular formula is C9H5BrFN3. The van der Waals surface area contributed by atoms with Crippen LogP contribution in [-0.4, -0.2) is 9.97 Å². The van der Waals surface area contributed by atoms with Crippen LogP contribution in [0.1, 0.15) is 5.56 Å². The molecule has 3 nitrogen and oxygen atoms in total. The van der Waals surface area contributed by atoms with Crippen LogP contribution in [0.2, 0.25) is 0 Å². The van der Waals surface area contributed by atoms with Crippen molar-refractivity contribution in [1.82, 2.24) is 9.97 Å². The van der Waals surface area contributed by atoms with E-state index in [1.807, 2.05) is 6.07 Å². The fraction of sp³-hybridized carbons (Fsp3) is 0.111. The van der Waals surface area contributed by atoms with Crippen LogP contribution in [-0.2, 0) is 6.42 Å². The van der Waals surface area contributed by atoms with Crippen LogP contribution in [0.5, 0.6) is 0 Å². The third kappa shape index (κ3) is 1.49. The number of aromatic nitrogens is 2. The van der Waals surface area contributed by atoms with E-state index in [9.17, 15) is 4.39 Å². The summed E-state index contributed by atoms with van der Waals surface area (Å²) in [6.45, 7) is 0. The van der Waals surface area contributed by atoms with Gasteiger partial charge in [-0.3, -0.25) is 0 Å². The lowest BCUT2D eigenvalue weighted by atomic mass is 10.1. The van der Waals surface area contributed by atoms with Crippen LogP contribution < -0.4 is 0 Å². The van der Waals surface area contributed by atoms with Gasteiger partial charge in [-0.05, 0) is 33.6 Å². The van der Waals surface area contributed by atoms with E-state index in [0.717, 1.165) is 0 Å². The Kier molecular flexibility index (Phi) is 2.22. The molecule has 2 aromatic rings. The van der Waals surface area contributed by atoms with Gasteiger partial charge in [0.15, 0.2) is 10.6 Å². The Bertz CT molecular complexity index is 527. The number of aromatic amines is 1. The summed E-state index contributed by atoms with van der Waals surface area (Å²) in [4.78, 5) is 6.77. The van der Waals surface area contributed by atoms with Gasteiger partial charge in [0.2, 0.25) is 0 Å². The molecule has 0 spiro atoms. The molecule has 0 aliphatic carbocycles. The molecule has 0 aliphatic rings. The maximum atomic E-state index is 13.4. The molecule has 0 amide bonds. The molecular weight excluding hydrogens is 249 g/mol. The predicted octanol–water partition coefficient (Wildman–Crippen LogP) is 2.53. The first-order valence-electron chi connectivity index (χ1n) is 3.91. The summed E-state index contributed by atoms with van der Waals surface area (Å²) in [6.07, 6.45) is 0.198. The largest absolute Gasteiger partial charge is 0.332 e. The molecule has 0 atom stereocenters. The zero-order chi connectivity index (χ0) is 10.1. The summed E-state index contributed by atoms with van der Waals surface area (Å²) < 4.78 is 13.9. The highest BCUT2D eigenvalue weighted by Gasteiger charge is 2.07. The lowest BCUT2D eigenvalue weighted by Crippen LogP contribution is -1.85. The van der Waals surface area contributed by atoms with Gasteiger partial charge < -0.3 is 4.98 Å². The molecule has 14 heavy (non-hydrogen) atoms. The van der Waals surface area contributed by atoms with Crippen molar-refractivity contribution in [2.24, 2.45) is 0 Å². The third-order valence-electron chi connectivity index (χ3n) is 1.85. The van der Waals surface area contributed by atoms with Gasteiger partial charge in [-0.1, -0.05) is 0 Å². The van der Waals surface area contributed by atoms with E-state index in [-0.39, 0.29) is 6.42 Å². The number of imidazole rings is 1. The van der Waals surface area contributed by atoms with Gasteiger partial charge in [-0.15, -0.1) is 0 Å². The van der Waals surface area contributed by atoms with Gasteiger partial charge in [-0.2, -0.15) is 5.26 Å². The van der Waals surface area contributed by atoms with Crippen LogP contribution in [0.15, 0.2) is 16.9 Å². The maximum absolute atomic E-state index is 13.4. The fourth-order valence-corrected chi connectivity index (χ4v) is 1.69. The van der Waals surface area contributed by atoms with E-state index in [4.69, 9.17) is 5.26 Å². The summed E-state index contributed by atoms with van der Waals surface area (Å²) in [6, 6.07) is 5.02. The number of nitrogens with one attached hydrogen (secondary N) is 1. The van der Waals surface area contributed by atoms with Gasteiger partial charge in [0.05, 0.1) is 18.0 Å². The second-order valence-electron chi connectivity index (χ2n) is 2.84. The van der Waals surface area contributed by atoms with E-state index < -0.39 is 5.82 Å². The van der Waals surface area contributed by atoms with E-state index in [0.29, 0.717) is 21.3 Å². The zero-order valence-electron chi connectivity index (χ0n) is 7.01. The monoisotopic (exact) mass is 253 g/mol. The number of rotatable bonds is 1. The lowest BCUT2D eigenvalue weighted by Gasteiger charge is -1.95. The summed E-state index contributed by atoms with van der Waals surface area (Å²) >= 11 is 3.12. The van der Waals surface area contributed by atoms with Gasteiger partial charge in [0, 0.05) is 0 Å². The quantitative estimate of drug-likeness (QED) is 0.850. The Morgan fingerprint density at radius 1 is 1.57 bits per heavy atom. The zero-order valence-corrected chi connectivity index (χ0v) is 8.60. The fourth-order valence-electron chi connectivity index (χ4n) is 1.29. The Hall–Kier alpha value is -1.41. The summed E-state index contributed by atoms with van der Waals surface area (Å²) in [7, 11) is 0. The van der Waals surface area contributed by atoms with Crippen molar-refractivity contribution >= 4 is 27.0 Å². The average Bonchev–Trinajstić information content (AvgIpc) is 2.47. The summed E-state index contributed by atoms with van der Waals surface area (Å²) in [5.74, 6) is -0.408. The molecule has 0 aliphatic heterocycles. The van der Waals surface area contributed by atoms with Crippen molar-refractivity contribution in [3.63, 3.8) is 0 Å². The number of halogens is 2. The molecule has 1 aromatic heterocycles. The van der Waals surface area contributed by atoms with Crippen LogP contribution in [0.4, 0.5) is 4.39 Å². The second kappa shape index (κ2) is 3.39. The molecule has 1 N–H and O–H groups in total. The van der Waals surface area contributed by atoms with Crippen molar-refractivity contribution in [2.45, 2.75) is 6.42 Å². The number of fused-ring (bicyclic) bond motifs is 1. The van der Waals surface area contributed by atoms with Crippen molar-refractivity contribution < 1.29 is 4.39 Å². The van der Waals surface area contributed by atoms with Gasteiger partial charge in [0.25, 0.3) is 0 Å². The van der Waals surface area contributed by atoms with Crippen molar-refractivity contribution in [2.75, 3.05) is 0 Å². The SMILES string of the molecule is N#CCc1cc(F)c2nc(Br)[nH]c2c1. The maximum Gasteiger partial charge on any atom is 0.175 e. The number of nitrogens with zero attached hydrogens (tertiary/aromatic N) is 2. The number of nitriles is 1. The lowest BCUT2D eigenvalue weighted by molar-refractivity contribution is 0.635. The molecule has 0 fully saturated rings. The topological polar surface area (TPSA) is 52.5 Å². The van der Waals surface area contributed by atoms with Crippen LogP contribution in [0, 0.1) is 17.1 Å². The molecule has 1 aromatic carbocycles. The normalized spacial score (nSPS) is 10.4. The van der Waals surface area contributed by atoms with Gasteiger partial charge >= 0.3 is 0 Å². The third-order valence-corrected chi connectivity index (χ3v) is 2.23. The standard InChI is InChI=1S/C9H5BrFN3/c10-9-13-7-4-5(1-2-12)3-6(11)8(7)14-9/h3-4H,1H2,(H,13,14). The molecule has 0 saturated heterocycles. The Balaban J connectivity index is 2.66. The number of hydrogen-bond donors (Lipinski definition) is 1. The van der Waals surface area contributed by atoms with E-state index >= 15 is 0 Å². The predicted molar refractivity (Wildman–Crippen MR) is 53.1 cm³/mol. The minimum Gasteiger partial charge on any atom is -0.332 e. The molecule has 0 unspecified atom stereocenters. The van der Waals surface area contributed by atoms with Crippen LogP contribution in [0.25, 0.3) is 11.0 Å². The number of H-pyrrole nitrogens is 1.